The molecule has 1 fully saturated rings. The van der Waals surface area contributed by atoms with E-state index in [0.29, 0.717) is 18.7 Å². The van der Waals surface area contributed by atoms with Crippen molar-refractivity contribution in [2.75, 3.05) is 20.1 Å². The fourth-order valence-electron chi connectivity index (χ4n) is 2.98. The number of carbonyl (C=O) groups excluding carboxylic acids is 1. The molecular formula is C18H20F2N2O4S. The Morgan fingerprint density at radius 1 is 1.11 bits per heavy atom. The molecule has 6 nitrogen and oxygen atoms in total. The molecule has 0 spiro atoms. The molecule has 146 valence electrons. The maximum absolute atomic E-state index is 13.3. The van der Waals surface area contributed by atoms with E-state index in [4.69, 9.17) is 4.42 Å². The molecule has 2 heterocycles. The van der Waals surface area contributed by atoms with E-state index in [1.807, 2.05) is 0 Å². The van der Waals surface area contributed by atoms with Crippen LogP contribution in [0.1, 0.15) is 35.4 Å². The number of amides is 1. The van der Waals surface area contributed by atoms with Crippen molar-refractivity contribution >= 4 is 15.9 Å². The minimum absolute atomic E-state index is 0.0188. The number of halogens is 2. The summed E-state index contributed by atoms with van der Waals surface area (Å²) in [5, 5.41) is -0.269. The van der Waals surface area contributed by atoms with E-state index in [1.165, 1.54) is 34.5 Å². The summed E-state index contributed by atoms with van der Waals surface area (Å²) in [6.45, 7) is 0.885. The molecule has 0 saturated carbocycles. The molecule has 0 radical (unpaired) electrons. The van der Waals surface area contributed by atoms with Gasteiger partial charge in [-0.05, 0) is 42.7 Å². The third-order valence-corrected chi connectivity index (χ3v) is 6.22. The molecule has 0 bridgehead atoms. The summed E-state index contributed by atoms with van der Waals surface area (Å²) in [4.78, 5) is 13.7. The van der Waals surface area contributed by atoms with Crippen molar-refractivity contribution in [3.05, 3.63) is 53.3 Å². The zero-order valence-electron chi connectivity index (χ0n) is 14.8. The molecule has 1 aliphatic heterocycles. The number of furan rings is 1. The highest BCUT2D eigenvalue weighted by atomic mass is 32.2. The Balaban J connectivity index is 1.73. The van der Waals surface area contributed by atoms with Crippen LogP contribution < -0.4 is 0 Å². The van der Waals surface area contributed by atoms with E-state index in [0.717, 1.165) is 31.4 Å². The number of piperidine rings is 1. The maximum atomic E-state index is 13.3. The van der Waals surface area contributed by atoms with Gasteiger partial charge in [0.15, 0.2) is 17.4 Å². The fraction of sp³-hybridized carbons (Fsp3) is 0.389. The molecule has 1 saturated heterocycles. The molecule has 9 heteroatoms. The predicted molar refractivity (Wildman–Crippen MR) is 93.5 cm³/mol. The van der Waals surface area contributed by atoms with Crippen LogP contribution in [-0.2, 0) is 16.6 Å². The van der Waals surface area contributed by atoms with Crippen LogP contribution in [0.4, 0.5) is 8.78 Å². The molecule has 0 N–H and O–H groups in total. The molecule has 0 unspecified atom stereocenters. The van der Waals surface area contributed by atoms with Gasteiger partial charge in [0, 0.05) is 26.7 Å². The Morgan fingerprint density at radius 3 is 2.48 bits per heavy atom. The minimum atomic E-state index is -3.77. The number of benzene rings is 1. The van der Waals surface area contributed by atoms with Crippen LogP contribution in [0.2, 0.25) is 0 Å². The van der Waals surface area contributed by atoms with E-state index in [2.05, 4.69) is 0 Å². The highest BCUT2D eigenvalue weighted by Gasteiger charge is 2.30. The van der Waals surface area contributed by atoms with E-state index in [9.17, 15) is 22.0 Å². The lowest BCUT2D eigenvalue weighted by molar-refractivity contribution is 0.0747. The first kappa shape index (κ1) is 19.5. The molecule has 27 heavy (non-hydrogen) atoms. The van der Waals surface area contributed by atoms with E-state index >= 15 is 0 Å². The zero-order chi connectivity index (χ0) is 19.6. The van der Waals surface area contributed by atoms with Crippen molar-refractivity contribution in [1.82, 2.24) is 9.21 Å². The SMILES string of the molecule is CN(Cc1ccc(F)c(F)c1)C(=O)c1ccc(S(=O)(=O)N2CCCCC2)o1. The predicted octanol–water partition coefficient (Wildman–Crippen LogP) is 3.00. The first-order valence-corrected chi connectivity index (χ1v) is 10.0. The lowest BCUT2D eigenvalue weighted by Gasteiger charge is -2.24. The van der Waals surface area contributed by atoms with Gasteiger partial charge in [0.1, 0.15) is 0 Å². The largest absolute Gasteiger partial charge is 0.438 e. The van der Waals surface area contributed by atoms with Crippen LogP contribution >= 0.6 is 0 Å². The molecule has 2 aromatic rings. The molecule has 1 amide bonds. The Hall–Kier alpha value is -2.26. The summed E-state index contributed by atoms with van der Waals surface area (Å²) in [5.41, 5.74) is 0.400. The highest BCUT2D eigenvalue weighted by molar-refractivity contribution is 7.89. The van der Waals surface area contributed by atoms with Crippen molar-refractivity contribution < 1.29 is 26.4 Å². The normalized spacial score (nSPS) is 15.7. The molecule has 1 aromatic carbocycles. The van der Waals surface area contributed by atoms with Gasteiger partial charge in [0.2, 0.25) is 5.09 Å². The third-order valence-electron chi connectivity index (χ3n) is 4.45. The average molecular weight is 398 g/mol. The summed E-state index contributed by atoms with van der Waals surface area (Å²) >= 11 is 0. The van der Waals surface area contributed by atoms with Gasteiger partial charge in [0.05, 0.1) is 0 Å². The van der Waals surface area contributed by atoms with Crippen molar-refractivity contribution in [1.29, 1.82) is 0 Å². The summed E-state index contributed by atoms with van der Waals surface area (Å²) in [6.07, 6.45) is 2.58. The molecule has 0 atom stereocenters. The van der Waals surface area contributed by atoms with Gasteiger partial charge < -0.3 is 9.32 Å². The Kier molecular flexibility index (Phi) is 5.61. The van der Waals surface area contributed by atoms with Crippen molar-refractivity contribution in [2.24, 2.45) is 0 Å². The average Bonchev–Trinajstić information content (AvgIpc) is 3.16. The summed E-state index contributed by atoms with van der Waals surface area (Å²) < 4.78 is 58.1. The lowest BCUT2D eigenvalue weighted by Crippen LogP contribution is -2.35. The van der Waals surface area contributed by atoms with E-state index < -0.39 is 27.6 Å². The summed E-state index contributed by atoms with van der Waals surface area (Å²) in [7, 11) is -2.30. The number of nitrogens with zero attached hydrogens (tertiary/aromatic N) is 2. The van der Waals surface area contributed by atoms with Crippen LogP contribution in [0.15, 0.2) is 39.8 Å². The monoisotopic (exact) mass is 398 g/mol. The van der Waals surface area contributed by atoms with Gasteiger partial charge in [-0.2, -0.15) is 4.31 Å². The number of sulfonamides is 1. The highest BCUT2D eigenvalue weighted by Crippen LogP contribution is 2.23. The third kappa shape index (κ3) is 4.19. The van der Waals surface area contributed by atoms with Gasteiger partial charge in [-0.25, -0.2) is 17.2 Å². The van der Waals surface area contributed by atoms with E-state index in [-0.39, 0.29) is 17.4 Å². The van der Waals surface area contributed by atoms with Gasteiger partial charge in [-0.1, -0.05) is 12.5 Å². The quantitative estimate of drug-likeness (QED) is 0.776. The van der Waals surface area contributed by atoms with Crippen molar-refractivity contribution in [3.63, 3.8) is 0 Å². The molecule has 1 aromatic heterocycles. The van der Waals surface area contributed by atoms with Crippen molar-refractivity contribution in [3.8, 4) is 0 Å². The van der Waals surface area contributed by atoms with Crippen LogP contribution in [-0.4, -0.2) is 43.7 Å². The smallest absolute Gasteiger partial charge is 0.289 e. The van der Waals surface area contributed by atoms with Gasteiger partial charge >= 0.3 is 0 Å². The number of rotatable bonds is 5. The van der Waals surface area contributed by atoms with Gasteiger partial charge in [-0.15, -0.1) is 0 Å². The van der Waals surface area contributed by atoms with Gasteiger partial charge in [-0.3, -0.25) is 4.79 Å². The number of carbonyl (C=O) groups is 1. The van der Waals surface area contributed by atoms with Gasteiger partial charge in [0.25, 0.3) is 15.9 Å². The van der Waals surface area contributed by atoms with Crippen LogP contribution in [0.3, 0.4) is 0 Å². The number of hydrogen-bond acceptors (Lipinski definition) is 4. The van der Waals surface area contributed by atoms with Crippen LogP contribution in [0, 0.1) is 11.6 Å². The minimum Gasteiger partial charge on any atom is -0.438 e. The molecule has 3 rings (SSSR count). The topological polar surface area (TPSA) is 70.8 Å². The fourth-order valence-corrected chi connectivity index (χ4v) is 4.41. The van der Waals surface area contributed by atoms with Crippen LogP contribution in [0.5, 0.6) is 0 Å². The standard InChI is InChI=1S/C18H20F2N2O4S/c1-21(12-13-5-6-14(19)15(20)11-13)18(23)16-7-8-17(26-16)27(24,25)22-9-3-2-4-10-22/h5-8,11H,2-4,9-10,12H2,1H3. The number of hydrogen-bond donors (Lipinski definition) is 0. The first-order chi connectivity index (χ1) is 12.8. The Bertz CT molecular complexity index is 937. The van der Waals surface area contributed by atoms with Crippen LogP contribution in [0.25, 0.3) is 0 Å². The van der Waals surface area contributed by atoms with Crippen molar-refractivity contribution in [2.45, 2.75) is 30.9 Å². The maximum Gasteiger partial charge on any atom is 0.289 e. The Morgan fingerprint density at radius 2 is 1.81 bits per heavy atom. The molecule has 0 aliphatic carbocycles. The summed E-state index contributed by atoms with van der Waals surface area (Å²) in [6, 6.07) is 5.94. The van der Waals surface area contributed by atoms with E-state index in [1.54, 1.807) is 0 Å². The second-order valence-electron chi connectivity index (χ2n) is 6.49. The lowest BCUT2D eigenvalue weighted by atomic mass is 10.2. The zero-order valence-corrected chi connectivity index (χ0v) is 15.6. The molecule has 1 aliphatic rings. The first-order valence-electron chi connectivity index (χ1n) is 8.58. The second-order valence-corrected chi connectivity index (χ2v) is 8.36. The molecular weight excluding hydrogens is 378 g/mol. The Labute approximate surface area is 156 Å². The summed E-state index contributed by atoms with van der Waals surface area (Å²) in [5.74, 6) is -2.65. The second kappa shape index (κ2) is 7.77.